The molecule has 0 fully saturated rings. The molecule has 5 nitrogen and oxygen atoms in total. The molecule has 2 atom stereocenters. The molecule has 0 aliphatic carbocycles. The van der Waals surface area contributed by atoms with Crippen LogP contribution in [0.4, 0.5) is 0 Å². The maximum Gasteiger partial charge on any atom is 0.240 e. The molecule has 188 valence electrons. The zero-order chi connectivity index (χ0) is 25.7. The predicted octanol–water partition coefficient (Wildman–Crippen LogP) is 3.45. The van der Waals surface area contributed by atoms with Gasteiger partial charge in [-0.25, -0.2) is 13.1 Å². The number of benzene rings is 3. The molecule has 0 saturated carbocycles. The number of nitrogens with one attached hydrogen (secondary N) is 1. The Morgan fingerprint density at radius 2 is 1.34 bits per heavy atom. The Balaban J connectivity index is 2.14. The molecular weight excluding hydrogens is 474 g/mol. The first-order valence-corrected chi connectivity index (χ1v) is 15.7. The number of aliphatic hydroxyl groups is 2. The monoisotopic (exact) mass is 511 g/mol. The van der Waals surface area contributed by atoms with Gasteiger partial charge in [-0.15, -0.1) is 0 Å². The molecule has 0 radical (unpaired) electrons. The van der Waals surface area contributed by atoms with Crippen molar-refractivity contribution >= 4 is 28.5 Å². The summed E-state index contributed by atoms with van der Waals surface area (Å²) in [6, 6.07) is 27.3. The smallest absolute Gasteiger partial charge is 0.240 e. The van der Waals surface area contributed by atoms with Crippen LogP contribution in [0.2, 0.25) is 11.1 Å². The van der Waals surface area contributed by atoms with Gasteiger partial charge in [-0.05, 0) is 36.6 Å². The van der Waals surface area contributed by atoms with Gasteiger partial charge in [0.1, 0.15) is 8.07 Å². The third-order valence-corrected chi connectivity index (χ3v) is 14.6. The number of sulfonamides is 1. The third kappa shape index (κ3) is 6.29. The highest BCUT2D eigenvalue weighted by Crippen LogP contribution is 2.40. The van der Waals surface area contributed by atoms with E-state index in [0.29, 0.717) is 6.04 Å². The largest absolute Gasteiger partial charge is 0.394 e. The molecule has 7 heteroatoms. The van der Waals surface area contributed by atoms with E-state index in [-0.39, 0.29) is 16.4 Å². The number of rotatable bonds is 10. The topological polar surface area (TPSA) is 86.6 Å². The second kappa shape index (κ2) is 11.2. The second-order valence-electron chi connectivity index (χ2n) is 10.3. The van der Waals surface area contributed by atoms with Gasteiger partial charge in [-0.1, -0.05) is 110 Å². The van der Waals surface area contributed by atoms with Crippen LogP contribution in [0.15, 0.2) is 89.8 Å². The van der Waals surface area contributed by atoms with Gasteiger partial charge in [0.05, 0.1) is 17.6 Å². The summed E-state index contributed by atoms with van der Waals surface area (Å²) < 4.78 is 29.7. The highest BCUT2D eigenvalue weighted by atomic mass is 32.2. The summed E-state index contributed by atoms with van der Waals surface area (Å²) in [7, 11) is -6.45. The van der Waals surface area contributed by atoms with Gasteiger partial charge >= 0.3 is 0 Å². The van der Waals surface area contributed by atoms with E-state index in [4.69, 9.17) is 0 Å². The Kier molecular flexibility index (Phi) is 8.72. The first kappa shape index (κ1) is 27.3. The molecule has 3 N–H and O–H groups in total. The van der Waals surface area contributed by atoms with E-state index in [0.717, 1.165) is 5.56 Å². The normalized spacial score (nSPS) is 14.5. The fourth-order valence-corrected chi connectivity index (χ4v) is 12.0. The maximum absolute atomic E-state index is 13.4. The lowest BCUT2D eigenvalue weighted by molar-refractivity contribution is 0.0826. The zero-order valence-corrected chi connectivity index (χ0v) is 22.8. The fraction of sp³-hybridized carbons (Fsp3) is 0.357. The van der Waals surface area contributed by atoms with Crippen LogP contribution in [0.3, 0.4) is 0 Å². The summed E-state index contributed by atoms with van der Waals surface area (Å²) in [5, 5.41) is 22.2. The SMILES string of the molecule is Cc1ccc(S(=O)(=O)N[C@H](CC(O)CO)C[Si](c2ccccc2)(c2ccccc2)C(C)(C)C)cc1. The third-order valence-electron chi connectivity index (χ3n) is 6.79. The Bertz CT molecular complexity index is 1140. The van der Waals surface area contributed by atoms with Crippen molar-refractivity contribution in [2.24, 2.45) is 0 Å². The van der Waals surface area contributed by atoms with Gasteiger partial charge in [-0.2, -0.15) is 0 Å². The molecular formula is C28H37NO4SSi. The van der Waals surface area contributed by atoms with E-state index >= 15 is 0 Å². The van der Waals surface area contributed by atoms with Crippen molar-refractivity contribution in [3.63, 3.8) is 0 Å². The molecule has 3 rings (SSSR count). The minimum atomic E-state index is -3.83. The Morgan fingerprint density at radius 1 is 0.857 bits per heavy atom. The van der Waals surface area contributed by atoms with Crippen LogP contribution < -0.4 is 15.1 Å². The first-order chi connectivity index (χ1) is 16.5. The van der Waals surface area contributed by atoms with Crippen molar-refractivity contribution in [1.29, 1.82) is 0 Å². The van der Waals surface area contributed by atoms with Gasteiger partial charge < -0.3 is 10.2 Å². The Labute approximate surface area is 210 Å². The average Bonchev–Trinajstić information content (AvgIpc) is 2.82. The molecule has 0 bridgehead atoms. The summed E-state index contributed by atoms with van der Waals surface area (Å²) in [6.07, 6.45) is -0.912. The number of hydrogen-bond acceptors (Lipinski definition) is 4. The fourth-order valence-electron chi connectivity index (χ4n) is 4.97. The van der Waals surface area contributed by atoms with E-state index in [1.54, 1.807) is 24.3 Å². The van der Waals surface area contributed by atoms with Crippen molar-refractivity contribution in [2.45, 2.75) is 62.2 Å². The van der Waals surface area contributed by atoms with E-state index in [9.17, 15) is 18.6 Å². The molecule has 1 unspecified atom stereocenters. The molecule has 0 aliphatic heterocycles. The van der Waals surface area contributed by atoms with E-state index in [1.165, 1.54) is 10.4 Å². The molecule has 0 aromatic heterocycles. The minimum Gasteiger partial charge on any atom is -0.394 e. The van der Waals surface area contributed by atoms with Gasteiger partial charge in [0.15, 0.2) is 0 Å². The van der Waals surface area contributed by atoms with E-state index in [2.05, 4.69) is 49.8 Å². The summed E-state index contributed by atoms with van der Waals surface area (Å²) in [5.41, 5.74) is 0.975. The molecule has 0 aliphatic rings. The van der Waals surface area contributed by atoms with Crippen LogP contribution >= 0.6 is 0 Å². The van der Waals surface area contributed by atoms with Crippen LogP contribution in [0.5, 0.6) is 0 Å². The van der Waals surface area contributed by atoms with Crippen molar-refractivity contribution in [3.8, 4) is 0 Å². The zero-order valence-electron chi connectivity index (χ0n) is 21.0. The highest BCUT2D eigenvalue weighted by molar-refractivity contribution is 7.89. The van der Waals surface area contributed by atoms with Crippen LogP contribution in [-0.4, -0.2) is 45.5 Å². The average molecular weight is 512 g/mol. The molecule has 0 heterocycles. The predicted molar refractivity (Wildman–Crippen MR) is 145 cm³/mol. The molecule has 0 amide bonds. The molecule has 0 spiro atoms. The van der Waals surface area contributed by atoms with Crippen LogP contribution in [0.1, 0.15) is 32.8 Å². The summed E-state index contributed by atoms with van der Waals surface area (Å²) in [5.74, 6) is 0. The van der Waals surface area contributed by atoms with E-state index in [1.807, 2.05) is 43.3 Å². The summed E-state index contributed by atoms with van der Waals surface area (Å²) in [4.78, 5) is 0.189. The maximum atomic E-state index is 13.4. The lowest BCUT2D eigenvalue weighted by Gasteiger charge is -2.46. The molecule has 0 saturated heterocycles. The number of aliphatic hydroxyl groups excluding tert-OH is 2. The number of hydrogen-bond donors (Lipinski definition) is 3. The van der Waals surface area contributed by atoms with Crippen molar-refractivity contribution in [1.82, 2.24) is 4.72 Å². The van der Waals surface area contributed by atoms with Crippen molar-refractivity contribution in [2.75, 3.05) is 6.61 Å². The molecule has 3 aromatic carbocycles. The second-order valence-corrected chi connectivity index (χ2v) is 16.9. The van der Waals surface area contributed by atoms with Crippen LogP contribution in [0, 0.1) is 6.92 Å². The van der Waals surface area contributed by atoms with Crippen LogP contribution in [-0.2, 0) is 10.0 Å². The standard InChI is InChI=1S/C28H37NO4SSi/c1-22-15-17-25(18-16-22)34(32,33)29-23(19-24(31)20-30)21-35(28(2,3)4,26-11-7-5-8-12-26)27-13-9-6-10-14-27/h5-18,23-24,29-31H,19-21H2,1-4H3/t23-,24?/m1/s1. The van der Waals surface area contributed by atoms with Gasteiger partial charge in [-0.3, -0.25) is 0 Å². The summed E-state index contributed by atoms with van der Waals surface area (Å²) >= 11 is 0. The van der Waals surface area contributed by atoms with Crippen molar-refractivity contribution in [3.05, 3.63) is 90.5 Å². The molecule has 3 aromatic rings. The Morgan fingerprint density at radius 3 is 1.77 bits per heavy atom. The van der Waals surface area contributed by atoms with Gasteiger partial charge in [0.25, 0.3) is 0 Å². The number of aryl methyl sites for hydroxylation is 1. The highest BCUT2D eigenvalue weighted by Gasteiger charge is 2.49. The Hall–Kier alpha value is -2.29. The lowest BCUT2D eigenvalue weighted by atomic mass is 10.1. The lowest BCUT2D eigenvalue weighted by Crippen LogP contribution is -2.66. The van der Waals surface area contributed by atoms with Crippen molar-refractivity contribution < 1.29 is 18.6 Å². The van der Waals surface area contributed by atoms with E-state index < -0.39 is 36.8 Å². The minimum absolute atomic E-state index is 0.117. The summed E-state index contributed by atoms with van der Waals surface area (Å²) in [6.45, 7) is 8.13. The van der Waals surface area contributed by atoms with Gasteiger partial charge in [0, 0.05) is 6.04 Å². The first-order valence-electron chi connectivity index (χ1n) is 12.0. The molecule has 35 heavy (non-hydrogen) atoms. The van der Waals surface area contributed by atoms with Gasteiger partial charge in [0.2, 0.25) is 10.0 Å². The quantitative estimate of drug-likeness (QED) is 0.364. The van der Waals surface area contributed by atoms with Crippen LogP contribution in [0.25, 0.3) is 0 Å².